The van der Waals surface area contributed by atoms with E-state index >= 15 is 0 Å². The Hall–Kier alpha value is -1.36. The van der Waals surface area contributed by atoms with Gasteiger partial charge in [-0.3, -0.25) is 9.59 Å². The average Bonchev–Trinajstić information content (AvgIpc) is 2.42. The van der Waals surface area contributed by atoms with Crippen molar-refractivity contribution in [3.05, 3.63) is 28.2 Å². The summed E-state index contributed by atoms with van der Waals surface area (Å²) in [4.78, 5) is 22.7. The zero-order valence-corrected chi connectivity index (χ0v) is 14.1. The predicted octanol–water partition coefficient (Wildman–Crippen LogP) is 4.15. The van der Waals surface area contributed by atoms with Crippen molar-refractivity contribution in [3.8, 4) is 5.75 Å². The molecule has 1 rings (SSSR count). The zero-order valence-electron chi connectivity index (χ0n) is 12.5. The van der Waals surface area contributed by atoms with E-state index in [2.05, 4.69) is 15.9 Å². The summed E-state index contributed by atoms with van der Waals surface area (Å²) in [5.41, 5.74) is 0.588. The molecule has 0 atom stereocenters. The van der Waals surface area contributed by atoms with Gasteiger partial charge in [-0.25, -0.2) is 0 Å². The van der Waals surface area contributed by atoms with Crippen LogP contribution < -0.4 is 4.74 Å². The van der Waals surface area contributed by atoms with Crippen LogP contribution in [0, 0.1) is 0 Å². The highest BCUT2D eigenvalue weighted by molar-refractivity contribution is 9.10. The van der Waals surface area contributed by atoms with E-state index < -0.39 is 0 Å². The van der Waals surface area contributed by atoms with Crippen molar-refractivity contribution in [2.45, 2.75) is 39.5 Å². The number of carbonyl (C=O) groups excluding carboxylic acids is 2. The van der Waals surface area contributed by atoms with Crippen molar-refractivity contribution in [1.29, 1.82) is 0 Å². The molecule has 0 bridgehead atoms. The molecule has 0 spiro atoms. The molecule has 1 aromatic rings. The Morgan fingerprint density at radius 2 is 1.95 bits per heavy atom. The van der Waals surface area contributed by atoms with Crippen LogP contribution in [0.5, 0.6) is 5.75 Å². The van der Waals surface area contributed by atoms with Crippen LogP contribution in [0.4, 0.5) is 0 Å². The minimum absolute atomic E-state index is 0.0141. The van der Waals surface area contributed by atoms with Crippen molar-refractivity contribution >= 4 is 27.7 Å². The lowest BCUT2D eigenvalue weighted by Gasteiger charge is -2.10. The second-order valence-electron chi connectivity index (χ2n) is 4.66. The van der Waals surface area contributed by atoms with Gasteiger partial charge < -0.3 is 9.47 Å². The summed E-state index contributed by atoms with van der Waals surface area (Å²) in [6.07, 6.45) is 2.97. The monoisotopic (exact) mass is 356 g/mol. The van der Waals surface area contributed by atoms with Crippen molar-refractivity contribution < 1.29 is 19.1 Å². The predicted molar refractivity (Wildman–Crippen MR) is 84.7 cm³/mol. The molecule has 0 amide bonds. The van der Waals surface area contributed by atoms with Crippen LogP contribution >= 0.6 is 15.9 Å². The van der Waals surface area contributed by atoms with E-state index in [4.69, 9.17) is 9.47 Å². The van der Waals surface area contributed by atoms with Gasteiger partial charge in [0, 0.05) is 10.9 Å². The molecular weight excluding hydrogens is 336 g/mol. The quantitative estimate of drug-likeness (QED) is 0.378. The fourth-order valence-corrected chi connectivity index (χ4v) is 2.21. The van der Waals surface area contributed by atoms with E-state index in [0.717, 1.165) is 23.7 Å². The van der Waals surface area contributed by atoms with E-state index in [-0.39, 0.29) is 11.8 Å². The van der Waals surface area contributed by atoms with Crippen LogP contribution in [-0.2, 0) is 9.53 Å². The number of hydrogen-bond donors (Lipinski definition) is 0. The maximum absolute atomic E-state index is 11.5. The van der Waals surface area contributed by atoms with E-state index in [0.29, 0.717) is 30.9 Å². The first-order valence-electron chi connectivity index (χ1n) is 7.13. The number of rotatable bonds is 9. The Morgan fingerprint density at radius 3 is 2.62 bits per heavy atom. The molecule has 0 heterocycles. The van der Waals surface area contributed by atoms with Gasteiger partial charge in [-0.1, -0.05) is 15.9 Å². The smallest absolute Gasteiger partial charge is 0.305 e. The Morgan fingerprint density at radius 1 is 1.19 bits per heavy atom. The molecular formula is C16H21BrO4. The third kappa shape index (κ3) is 6.76. The minimum atomic E-state index is -0.149. The molecule has 0 aliphatic rings. The number of ketones is 1. The molecule has 0 saturated carbocycles. The number of halogens is 1. The van der Waals surface area contributed by atoms with Gasteiger partial charge in [-0.05, 0) is 51.3 Å². The van der Waals surface area contributed by atoms with Crippen LogP contribution in [0.25, 0.3) is 0 Å². The molecule has 5 heteroatoms. The molecule has 0 unspecified atom stereocenters. The first-order chi connectivity index (χ1) is 10.0. The van der Waals surface area contributed by atoms with Crippen molar-refractivity contribution in [3.63, 3.8) is 0 Å². The summed E-state index contributed by atoms with van der Waals surface area (Å²) < 4.78 is 11.4. The lowest BCUT2D eigenvalue weighted by molar-refractivity contribution is -0.143. The average molecular weight is 357 g/mol. The van der Waals surface area contributed by atoms with E-state index in [1.54, 1.807) is 19.1 Å². The number of esters is 1. The largest absolute Gasteiger partial charge is 0.493 e. The fourth-order valence-electron chi connectivity index (χ4n) is 1.87. The Balaban J connectivity index is 2.31. The molecule has 4 nitrogen and oxygen atoms in total. The number of benzene rings is 1. The number of ether oxygens (including phenoxy) is 2. The van der Waals surface area contributed by atoms with Gasteiger partial charge in [-0.2, -0.15) is 0 Å². The Labute approximate surface area is 133 Å². The highest BCUT2D eigenvalue weighted by Gasteiger charge is 2.09. The van der Waals surface area contributed by atoms with Crippen LogP contribution in [0.3, 0.4) is 0 Å². The summed E-state index contributed by atoms with van der Waals surface area (Å²) in [6, 6.07) is 5.38. The number of hydrogen-bond acceptors (Lipinski definition) is 4. The topological polar surface area (TPSA) is 52.6 Å². The number of carbonyl (C=O) groups is 2. The van der Waals surface area contributed by atoms with Gasteiger partial charge in [0.1, 0.15) is 5.75 Å². The fraction of sp³-hybridized carbons (Fsp3) is 0.500. The molecule has 0 aromatic heterocycles. The molecule has 0 fully saturated rings. The van der Waals surface area contributed by atoms with Crippen molar-refractivity contribution in [1.82, 2.24) is 0 Å². The normalized spacial score (nSPS) is 10.2. The maximum atomic E-state index is 11.5. The molecule has 0 aliphatic carbocycles. The van der Waals surface area contributed by atoms with Gasteiger partial charge in [-0.15, -0.1) is 0 Å². The minimum Gasteiger partial charge on any atom is -0.493 e. The Kier molecular flexibility index (Phi) is 8.05. The van der Waals surface area contributed by atoms with E-state index in [9.17, 15) is 9.59 Å². The number of Topliss-reactive ketones (excluding diaryl/α,β-unsaturated/α-hetero) is 1. The highest BCUT2D eigenvalue weighted by atomic mass is 79.9. The summed E-state index contributed by atoms with van der Waals surface area (Å²) in [7, 11) is 0. The summed E-state index contributed by atoms with van der Waals surface area (Å²) in [6.45, 7) is 4.28. The summed E-state index contributed by atoms with van der Waals surface area (Å²) in [5.74, 6) is 0.436. The zero-order chi connectivity index (χ0) is 15.7. The first-order valence-corrected chi connectivity index (χ1v) is 7.92. The SMILES string of the molecule is CCOC(=O)CCCCCOc1cc(Br)ccc1C(C)=O. The van der Waals surface area contributed by atoms with Crippen LogP contribution in [0.1, 0.15) is 49.9 Å². The van der Waals surface area contributed by atoms with Crippen LogP contribution in [0.15, 0.2) is 22.7 Å². The third-order valence-corrected chi connectivity index (χ3v) is 3.40. The molecule has 0 radical (unpaired) electrons. The molecule has 116 valence electrons. The second-order valence-corrected chi connectivity index (χ2v) is 5.58. The number of unbranched alkanes of at least 4 members (excludes halogenated alkanes) is 2. The van der Waals surface area contributed by atoms with E-state index in [1.165, 1.54) is 6.92 Å². The molecule has 0 saturated heterocycles. The van der Waals surface area contributed by atoms with Crippen LogP contribution in [-0.4, -0.2) is 25.0 Å². The van der Waals surface area contributed by atoms with Crippen LogP contribution in [0.2, 0.25) is 0 Å². The van der Waals surface area contributed by atoms with Crippen molar-refractivity contribution in [2.75, 3.05) is 13.2 Å². The molecule has 21 heavy (non-hydrogen) atoms. The van der Waals surface area contributed by atoms with Gasteiger partial charge >= 0.3 is 5.97 Å². The first kappa shape index (κ1) is 17.7. The molecule has 0 N–H and O–H groups in total. The van der Waals surface area contributed by atoms with E-state index in [1.807, 2.05) is 6.07 Å². The maximum Gasteiger partial charge on any atom is 0.305 e. The molecule has 0 aliphatic heterocycles. The standard InChI is InChI=1S/C16H21BrO4/c1-3-20-16(19)7-5-4-6-10-21-15-11-13(17)8-9-14(15)12(2)18/h8-9,11H,3-7,10H2,1-2H3. The van der Waals surface area contributed by atoms with Gasteiger partial charge in [0.25, 0.3) is 0 Å². The van der Waals surface area contributed by atoms with Gasteiger partial charge in [0.15, 0.2) is 5.78 Å². The summed E-state index contributed by atoms with van der Waals surface area (Å²) in [5, 5.41) is 0. The molecule has 1 aromatic carbocycles. The van der Waals surface area contributed by atoms with Crippen molar-refractivity contribution in [2.24, 2.45) is 0 Å². The lowest BCUT2D eigenvalue weighted by atomic mass is 10.1. The lowest BCUT2D eigenvalue weighted by Crippen LogP contribution is -2.05. The van der Waals surface area contributed by atoms with Gasteiger partial charge in [0.2, 0.25) is 0 Å². The highest BCUT2D eigenvalue weighted by Crippen LogP contribution is 2.24. The third-order valence-electron chi connectivity index (χ3n) is 2.91. The Bertz CT molecular complexity index is 485. The van der Waals surface area contributed by atoms with Gasteiger partial charge in [0.05, 0.1) is 18.8 Å². The summed E-state index contributed by atoms with van der Waals surface area (Å²) >= 11 is 3.37. The second kappa shape index (κ2) is 9.55.